The third kappa shape index (κ3) is 5.36. The molecule has 18 heavy (non-hydrogen) atoms. The number of hydrogen-bond acceptors (Lipinski definition) is 3. The SMILES string of the molecule is CC(C)CC(CNC(=O)[C@@H]1CCCCN1)N(C)C. The lowest BCUT2D eigenvalue weighted by molar-refractivity contribution is -0.123. The normalized spacial score (nSPS) is 22.2. The van der Waals surface area contributed by atoms with E-state index in [0.29, 0.717) is 12.0 Å². The van der Waals surface area contributed by atoms with Crippen LogP contribution < -0.4 is 10.6 Å². The first-order valence-electron chi connectivity index (χ1n) is 7.18. The van der Waals surface area contributed by atoms with Crippen molar-refractivity contribution in [3.63, 3.8) is 0 Å². The topological polar surface area (TPSA) is 44.4 Å². The molecule has 1 amide bonds. The van der Waals surface area contributed by atoms with Crippen molar-refractivity contribution in [1.29, 1.82) is 0 Å². The molecule has 4 nitrogen and oxygen atoms in total. The van der Waals surface area contributed by atoms with Crippen molar-refractivity contribution in [3.8, 4) is 0 Å². The van der Waals surface area contributed by atoms with Crippen molar-refractivity contribution < 1.29 is 4.79 Å². The molecule has 0 radical (unpaired) electrons. The van der Waals surface area contributed by atoms with Gasteiger partial charge in [-0.15, -0.1) is 0 Å². The number of piperidine rings is 1. The van der Waals surface area contributed by atoms with Crippen LogP contribution in [0, 0.1) is 5.92 Å². The smallest absolute Gasteiger partial charge is 0.237 e. The van der Waals surface area contributed by atoms with Gasteiger partial charge in [0.05, 0.1) is 6.04 Å². The number of nitrogens with one attached hydrogen (secondary N) is 2. The van der Waals surface area contributed by atoms with Gasteiger partial charge >= 0.3 is 0 Å². The van der Waals surface area contributed by atoms with Crippen LogP contribution in [0.2, 0.25) is 0 Å². The van der Waals surface area contributed by atoms with Gasteiger partial charge in [-0.2, -0.15) is 0 Å². The highest BCUT2D eigenvalue weighted by molar-refractivity contribution is 5.81. The standard InChI is InChI=1S/C14H29N3O/c1-11(2)9-12(17(3)4)10-16-14(18)13-7-5-6-8-15-13/h11-13,15H,5-10H2,1-4H3,(H,16,18)/t12?,13-/m0/s1. The Hall–Kier alpha value is -0.610. The van der Waals surface area contributed by atoms with Gasteiger partial charge in [0.15, 0.2) is 0 Å². The highest BCUT2D eigenvalue weighted by Gasteiger charge is 2.21. The quantitative estimate of drug-likeness (QED) is 0.750. The van der Waals surface area contributed by atoms with Gasteiger partial charge in [-0.05, 0) is 45.8 Å². The fourth-order valence-electron chi connectivity index (χ4n) is 2.44. The number of hydrogen-bond donors (Lipinski definition) is 2. The highest BCUT2D eigenvalue weighted by Crippen LogP contribution is 2.09. The maximum absolute atomic E-state index is 12.0. The third-order valence-corrected chi connectivity index (χ3v) is 3.61. The van der Waals surface area contributed by atoms with Crippen LogP contribution in [0.3, 0.4) is 0 Å². The Morgan fingerprint density at radius 3 is 2.61 bits per heavy atom. The van der Waals surface area contributed by atoms with Gasteiger partial charge in [-0.1, -0.05) is 20.3 Å². The number of nitrogens with zero attached hydrogens (tertiary/aromatic N) is 1. The summed E-state index contributed by atoms with van der Waals surface area (Å²) in [5.74, 6) is 0.826. The van der Waals surface area contributed by atoms with Crippen molar-refractivity contribution in [3.05, 3.63) is 0 Å². The van der Waals surface area contributed by atoms with Crippen molar-refractivity contribution in [2.75, 3.05) is 27.2 Å². The second-order valence-electron chi connectivity index (χ2n) is 5.99. The van der Waals surface area contributed by atoms with Gasteiger partial charge in [0, 0.05) is 12.6 Å². The first-order chi connectivity index (χ1) is 8.50. The Morgan fingerprint density at radius 2 is 2.11 bits per heavy atom. The summed E-state index contributed by atoms with van der Waals surface area (Å²) in [5, 5.41) is 6.38. The van der Waals surface area contributed by atoms with E-state index < -0.39 is 0 Å². The lowest BCUT2D eigenvalue weighted by Crippen LogP contribution is -2.50. The molecule has 1 saturated heterocycles. The van der Waals surface area contributed by atoms with Crippen LogP contribution in [0.5, 0.6) is 0 Å². The summed E-state index contributed by atoms with van der Waals surface area (Å²) in [6.45, 7) is 6.17. The third-order valence-electron chi connectivity index (χ3n) is 3.61. The maximum atomic E-state index is 12.0. The van der Waals surface area contributed by atoms with Crippen LogP contribution in [0.15, 0.2) is 0 Å². The average molecular weight is 255 g/mol. The lowest BCUT2D eigenvalue weighted by atomic mass is 10.0. The number of rotatable bonds is 6. The Bertz CT molecular complexity index is 247. The fraction of sp³-hybridized carbons (Fsp3) is 0.929. The molecular formula is C14H29N3O. The highest BCUT2D eigenvalue weighted by atomic mass is 16.2. The van der Waals surface area contributed by atoms with Crippen LogP contribution in [-0.4, -0.2) is 50.1 Å². The summed E-state index contributed by atoms with van der Waals surface area (Å²) in [5.41, 5.74) is 0. The van der Waals surface area contributed by atoms with E-state index in [1.165, 1.54) is 6.42 Å². The summed E-state index contributed by atoms with van der Waals surface area (Å²) < 4.78 is 0. The summed E-state index contributed by atoms with van der Waals surface area (Å²) in [4.78, 5) is 14.2. The van der Waals surface area contributed by atoms with Crippen LogP contribution in [0.4, 0.5) is 0 Å². The molecule has 1 rings (SSSR count). The van der Waals surface area contributed by atoms with Crippen LogP contribution in [-0.2, 0) is 4.79 Å². The van der Waals surface area contributed by atoms with Crippen LogP contribution in [0.25, 0.3) is 0 Å². The largest absolute Gasteiger partial charge is 0.353 e. The predicted molar refractivity (Wildman–Crippen MR) is 75.6 cm³/mol. The Kier molecular flexibility index (Phi) is 6.65. The van der Waals surface area contributed by atoms with E-state index in [1.54, 1.807) is 0 Å². The van der Waals surface area contributed by atoms with Crippen molar-refractivity contribution in [2.24, 2.45) is 5.92 Å². The molecule has 2 atom stereocenters. The van der Waals surface area contributed by atoms with Gasteiger partial charge in [-0.3, -0.25) is 4.79 Å². The molecule has 2 N–H and O–H groups in total. The van der Waals surface area contributed by atoms with E-state index in [0.717, 1.165) is 32.4 Å². The summed E-state index contributed by atoms with van der Waals surface area (Å²) in [6.07, 6.45) is 4.44. The van der Waals surface area contributed by atoms with E-state index in [1.807, 2.05) is 0 Å². The predicted octanol–water partition coefficient (Wildman–Crippen LogP) is 1.22. The number of carbonyl (C=O) groups excluding carboxylic acids is 1. The molecule has 1 unspecified atom stereocenters. The van der Waals surface area contributed by atoms with Gasteiger partial charge in [-0.25, -0.2) is 0 Å². The zero-order valence-electron chi connectivity index (χ0n) is 12.3. The zero-order valence-corrected chi connectivity index (χ0v) is 12.3. The minimum atomic E-state index is 0.0283. The second kappa shape index (κ2) is 7.74. The number of likely N-dealkylation sites (N-methyl/N-ethyl adjacent to an activating group) is 1. The average Bonchev–Trinajstić information content (AvgIpc) is 2.34. The summed E-state index contributed by atoms with van der Waals surface area (Å²) in [7, 11) is 4.16. The van der Waals surface area contributed by atoms with Crippen molar-refractivity contribution >= 4 is 5.91 Å². The van der Waals surface area contributed by atoms with Gasteiger partial charge in [0.25, 0.3) is 0 Å². The molecule has 0 bridgehead atoms. The first-order valence-corrected chi connectivity index (χ1v) is 7.18. The van der Waals surface area contributed by atoms with E-state index in [-0.39, 0.29) is 11.9 Å². The molecule has 0 aromatic carbocycles. The molecule has 0 saturated carbocycles. The van der Waals surface area contributed by atoms with Crippen molar-refractivity contribution in [1.82, 2.24) is 15.5 Å². The summed E-state index contributed by atoms with van der Waals surface area (Å²) in [6, 6.07) is 0.457. The minimum Gasteiger partial charge on any atom is -0.353 e. The Balaban J connectivity index is 2.33. The van der Waals surface area contributed by atoms with Crippen LogP contribution in [0.1, 0.15) is 39.5 Å². The maximum Gasteiger partial charge on any atom is 0.237 e. The molecular weight excluding hydrogens is 226 g/mol. The molecule has 1 aliphatic rings. The number of carbonyl (C=O) groups is 1. The van der Waals surface area contributed by atoms with Gasteiger partial charge < -0.3 is 15.5 Å². The second-order valence-corrected chi connectivity index (χ2v) is 5.99. The van der Waals surface area contributed by atoms with E-state index in [4.69, 9.17) is 0 Å². The summed E-state index contributed by atoms with van der Waals surface area (Å²) >= 11 is 0. The van der Waals surface area contributed by atoms with E-state index >= 15 is 0 Å². The molecule has 106 valence electrons. The molecule has 0 aromatic heterocycles. The van der Waals surface area contributed by atoms with Gasteiger partial charge in [0.2, 0.25) is 5.91 Å². The van der Waals surface area contributed by atoms with E-state index in [2.05, 4.69) is 43.5 Å². The Morgan fingerprint density at radius 1 is 1.39 bits per heavy atom. The molecule has 0 spiro atoms. The molecule has 0 aromatic rings. The van der Waals surface area contributed by atoms with Crippen molar-refractivity contribution in [2.45, 2.75) is 51.6 Å². The Labute approximate surface area is 111 Å². The lowest BCUT2D eigenvalue weighted by Gasteiger charge is -2.28. The monoisotopic (exact) mass is 255 g/mol. The minimum absolute atomic E-state index is 0.0283. The fourth-order valence-corrected chi connectivity index (χ4v) is 2.44. The van der Waals surface area contributed by atoms with Gasteiger partial charge in [0.1, 0.15) is 0 Å². The van der Waals surface area contributed by atoms with E-state index in [9.17, 15) is 4.79 Å². The first kappa shape index (κ1) is 15.4. The zero-order chi connectivity index (χ0) is 13.5. The van der Waals surface area contributed by atoms with Crippen LogP contribution >= 0.6 is 0 Å². The molecule has 4 heteroatoms. The molecule has 1 aliphatic heterocycles. The molecule has 1 fully saturated rings. The molecule has 1 heterocycles. The molecule has 0 aliphatic carbocycles. The number of amides is 1.